The molecule has 0 amide bonds. The molecular weight excluding hydrogens is 900 g/mol. The van der Waals surface area contributed by atoms with Crippen molar-refractivity contribution in [1.82, 2.24) is 0 Å². The van der Waals surface area contributed by atoms with Crippen molar-refractivity contribution in [2.75, 3.05) is 13.2 Å². The van der Waals surface area contributed by atoms with Crippen molar-refractivity contribution >= 4 is 19.8 Å². The van der Waals surface area contributed by atoms with Crippen molar-refractivity contribution in [3.63, 3.8) is 0 Å². The first-order chi connectivity index (χ1) is 33.4. The summed E-state index contributed by atoms with van der Waals surface area (Å²) >= 11 is 0. The van der Waals surface area contributed by atoms with Gasteiger partial charge in [0.15, 0.2) is 6.10 Å². The van der Waals surface area contributed by atoms with Gasteiger partial charge in [0.2, 0.25) is 0 Å². The predicted octanol–water partition coefficient (Wildman–Crippen LogP) is 12.1. The number of hydrogen-bond acceptors (Lipinski definition) is 12. The van der Waals surface area contributed by atoms with Gasteiger partial charge in [-0.3, -0.25) is 18.6 Å². The first-order valence-corrected chi connectivity index (χ1v) is 28.6. The summed E-state index contributed by atoms with van der Waals surface area (Å²) in [5.41, 5.74) is 0. The quantitative estimate of drug-likeness (QED) is 0.0145. The number of aliphatic hydroxyl groups is 5. The van der Waals surface area contributed by atoms with E-state index in [9.17, 15) is 44.6 Å². The Kier molecular flexibility index (Phi) is 41.4. The zero-order valence-electron chi connectivity index (χ0n) is 42.8. The number of phosphoric ester groups is 1. The van der Waals surface area contributed by atoms with Crippen LogP contribution < -0.4 is 0 Å². The molecule has 0 aromatic rings. The van der Waals surface area contributed by atoms with Crippen LogP contribution in [0.25, 0.3) is 0 Å². The second-order valence-corrected chi connectivity index (χ2v) is 20.1. The molecule has 1 fully saturated rings. The second-order valence-electron chi connectivity index (χ2n) is 18.7. The predicted molar refractivity (Wildman–Crippen MR) is 276 cm³/mol. The number of esters is 2. The van der Waals surface area contributed by atoms with Crippen LogP contribution in [0, 0.1) is 0 Å². The lowest BCUT2D eigenvalue weighted by Crippen LogP contribution is -2.64. The maximum atomic E-state index is 12.9. The van der Waals surface area contributed by atoms with E-state index >= 15 is 0 Å². The third-order valence-corrected chi connectivity index (χ3v) is 13.3. The molecule has 0 aliphatic heterocycles. The molecule has 1 aliphatic carbocycles. The van der Waals surface area contributed by atoms with E-state index in [4.69, 9.17) is 18.5 Å². The van der Waals surface area contributed by atoms with Gasteiger partial charge in [0.25, 0.3) is 0 Å². The Balaban J connectivity index is 2.40. The zero-order valence-corrected chi connectivity index (χ0v) is 43.7. The third-order valence-electron chi connectivity index (χ3n) is 12.3. The molecule has 13 nitrogen and oxygen atoms in total. The Morgan fingerprint density at radius 3 is 1.25 bits per heavy atom. The Morgan fingerprint density at radius 1 is 0.449 bits per heavy atom. The molecule has 14 heteroatoms. The van der Waals surface area contributed by atoms with Crippen LogP contribution in [0.5, 0.6) is 0 Å². The van der Waals surface area contributed by atoms with E-state index in [1.807, 2.05) is 0 Å². The minimum Gasteiger partial charge on any atom is -0.462 e. The van der Waals surface area contributed by atoms with Gasteiger partial charge in [0, 0.05) is 12.8 Å². The van der Waals surface area contributed by atoms with Crippen LogP contribution in [-0.4, -0.2) is 98.3 Å². The highest BCUT2D eigenvalue weighted by molar-refractivity contribution is 7.47. The van der Waals surface area contributed by atoms with Gasteiger partial charge < -0.3 is 39.9 Å². The average Bonchev–Trinajstić information content (AvgIpc) is 3.33. The van der Waals surface area contributed by atoms with Crippen LogP contribution >= 0.6 is 7.82 Å². The molecule has 0 radical (unpaired) electrons. The van der Waals surface area contributed by atoms with Crippen molar-refractivity contribution < 1.29 is 63.1 Å². The molecule has 1 aliphatic rings. The fourth-order valence-corrected chi connectivity index (χ4v) is 8.94. The summed E-state index contributed by atoms with van der Waals surface area (Å²) < 4.78 is 33.7. The first kappa shape index (κ1) is 64.6. The van der Waals surface area contributed by atoms with Crippen LogP contribution in [-0.2, 0) is 32.7 Å². The number of carbonyl (C=O) groups excluding carboxylic acids is 2. The zero-order chi connectivity index (χ0) is 50.6. The summed E-state index contributed by atoms with van der Waals surface area (Å²) in [5, 5.41) is 50.3. The van der Waals surface area contributed by atoms with Crippen molar-refractivity contribution in [2.45, 2.75) is 262 Å². The number of allylic oxidation sites excluding steroid dienone is 10. The summed E-state index contributed by atoms with van der Waals surface area (Å²) in [6.45, 7) is 3.27. The molecule has 0 heterocycles. The Bertz CT molecular complexity index is 1430. The summed E-state index contributed by atoms with van der Waals surface area (Å²) in [6.07, 6.45) is 42.6. The molecule has 0 aromatic heterocycles. The fourth-order valence-electron chi connectivity index (χ4n) is 7.97. The van der Waals surface area contributed by atoms with Crippen LogP contribution in [0.3, 0.4) is 0 Å². The average molecular weight is 997 g/mol. The molecular formula is C55H97O13P. The maximum absolute atomic E-state index is 12.9. The van der Waals surface area contributed by atoms with Gasteiger partial charge in [-0.15, -0.1) is 0 Å². The lowest BCUT2D eigenvalue weighted by molar-refractivity contribution is -0.220. The number of ether oxygens (including phenoxy) is 2. The van der Waals surface area contributed by atoms with E-state index < -0.39 is 75.7 Å². The van der Waals surface area contributed by atoms with Crippen LogP contribution in [0.2, 0.25) is 0 Å². The monoisotopic (exact) mass is 997 g/mol. The van der Waals surface area contributed by atoms with Gasteiger partial charge in [-0.25, -0.2) is 4.57 Å². The van der Waals surface area contributed by atoms with E-state index in [1.54, 1.807) is 0 Å². The smallest absolute Gasteiger partial charge is 0.462 e. The molecule has 0 aromatic carbocycles. The van der Waals surface area contributed by atoms with E-state index in [0.29, 0.717) is 12.8 Å². The topological polar surface area (TPSA) is 210 Å². The highest BCUT2D eigenvalue weighted by Crippen LogP contribution is 2.47. The number of rotatable bonds is 45. The minimum absolute atomic E-state index is 0.0873. The molecule has 1 rings (SSSR count). The largest absolute Gasteiger partial charge is 0.472 e. The molecule has 1 saturated carbocycles. The highest BCUT2D eigenvalue weighted by atomic mass is 31.2. The van der Waals surface area contributed by atoms with Crippen molar-refractivity contribution in [2.24, 2.45) is 0 Å². The number of carbonyl (C=O) groups is 2. The molecule has 8 atom stereocenters. The Morgan fingerprint density at radius 2 is 0.783 bits per heavy atom. The lowest BCUT2D eigenvalue weighted by Gasteiger charge is -2.41. The molecule has 0 spiro atoms. The van der Waals surface area contributed by atoms with Gasteiger partial charge in [0.1, 0.15) is 43.2 Å². The molecule has 69 heavy (non-hydrogen) atoms. The lowest BCUT2D eigenvalue weighted by atomic mass is 9.85. The van der Waals surface area contributed by atoms with Gasteiger partial charge in [-0.05, 0) is 83.5 Å². The van der Waals surface area contributed by atoms with Crippen molar-refractivity contribution in [3.05, 3.63) is 60.8 Å². The summed E-state index contributed by atoms with van der Waals surface area (Å²) in [6, 6.07) is 0. The number of hydrogen-bond donors (Lipinski definition) is 6. The molecule has 0 saturated heterocycles. The third kappa shape index (κ3) is 36.2. The molecule has 6 unspecified atom stereocenters. The van der Waals surface area contributed by atoms with E-state index in [1.165, 1.54) is 109 Å². The van der Waals surface area contributed by atoms with Crippen molar-refractivity contribution in [3.8, 4) is 0 Å². The summed E-state index contributed by atoms with van der Waals surface area (Å²) in [4.78, 5) is 35.9. The number of phosphoric acid groups is 1. The Hall–Kier alpha value is -2.45. The number of unbranched alkanes of at least 4 members (excludes halogenated alkanes) is 23. The van der Waals surface area contributed by atoms with Gasteiger partial charge in [-0.2, -0.15) is 0 Å². The first-order valence-electron chi connectivity index (χ1n) is 27.1. The second kappa shape index (κ2) is 44.3. The van der Waals surface area contributed by atoms with Crippen LogP contribution in [0.4, 0.5) is 0 Å². The van der Waals surface area contributed by atoms with Crippen LogP contribution in [0.15, 0.2) is 60.8 Å². The van der Waals surface area contributed by atoms with E-state index in [-0.39, 0.29) is 12.8 Å². The van der Waals surface area contributed by atoms with Crippen molar-refractivity contribution in [1.29, 1.82) is 0 Å². The SMILES string of the molecule is CCCCC/C=C/C/C=C/C/C=C/C/C=C/CCCCCC(=O)OC[C@H](COP(=O)(O)OC1C(O)C(O)C(O)[C@@H](O)C1O)OC(=O)CCCCCCCCCCCCC/C=C/CCCCCCCC. The molecule has 0 bridgehead atoms. The number of aliphatic hydroxyl groups excluding tert-OH is 5. The van der Waals surface area contributed by atoms with Gasteiger partial charge >= 0.3 is 19.8 Å². The molecule has 6 N–H and O–H groups in total. The molecule has 400 valence electrons. The normalized spacial score (nSPS) is 21.3. The van der Waals surface area contributed by atoms with Gasteiger partial charge in [0.05, 0.1) is 6.61 Å². The minimum atomic E-state index is -5.13. The summed E-state index contributed by atoms with van der Waals surface area (Å²) in [5.74, 6) is -1.13. The Labute approximate surface area is 417 Å². The van der Waals surface area contributed by atoms with E-state index in [0.717, 1.165) is 70.6 Å². The van der Waals surface area contributed by atoms with E-state index in [2.05, 4.69) is 74.6 Å². The highest BCUT2D eigenvalue weighted by Gasteiger charge is 2.51. The fraction of sp³-hybridized carbons (Fsp3) is 0.782. The van der Waals surface area contributed by atoms with Crippen LogP contribution in [0.1, 0.15) is 219 Å². The standard InChI is InChI=1S/C55H97O13P/c1-3-5-7-9-11-13-15-17-19-21-23-24-26-28-30-32-34-36-38-40-42-44-49(57)67-47(46-66-69(63,64)68-55-53(61)51(59)50(58)52(60)54(55)62)45-65-48(56)43-41-39-37-35-33-31-29-27-25-22-20-18-16-14-12-10-8-6-4-2/h12,14,17-20,25,27,31,33,47,50-55,58-62H,3-11,13,15-16,21-24,26,28-30,32,34-46H2,1-2H3,(H,63,64)/b14-12+,19-17+,20-18+,27-25+,33-31+/t47-,50?,51-,52?,53?,54?,55?/m1/s1. The van der Waals surface area contributed by atoms with Gasteiger partial charge in [-0.1, -0.05) is 184 Å². The maximum Gasteiger partial charge on any atom is 0.472 e. The summed E-state index contributed by atoms with van der Waals surface area (Å²) in [7, 11) is -5.13.